The van der Waals surface area contributed by atoms with Gasteiger partial charge >= 0.3 is 0 Å². The molecule has 1 aliphatic carbocycles. The monoisotopic (exact) mass is 290 g/mol. The summed E-state index contributed by atoms with van der Waals surface area (Å²) in [6.45, 7) is 3.68. The Morgan fingerprint density at radius 3 is 2.81 bits per heavy atom. The van der Waals surface area contributed by atoms with Crippen LogP contribution >= 0.6 is 0 Å². The number of rotatable bonds is 9. The quantitative estimate of drug-likeness (QED) is 0.710. The minimum absolute atomic E-state index is 0.257. The van der Waals surface area contributed by atoms with Gasteiger partial charge in [-0.3, -0.25) is 9.78 Å². The molecular formula is C16H26N4O. The van der Waals surface area contributed by atoms with Gasteiger partial charge in [0.25, 0.3) is 0 Å². The van der Waals surface area contributed by atoms with Crippen LogP contribution in [0, 0.1) is 0 Å². The summed E-state index contributed by atoms with van der Waals surface area (Å²) in [6, 6.07) is 6.44. The number of carbonyl (C=O) groups is 1. The van der Waals surface area contributed by atoms with Crippen molar-refractivity contribution < 1.29 is 4.79 Å². The predicted molar refractivity (Wildman–Crippen MR) is 83.8 cm³/mol. The average molecular weight is 290 g/mol. The van der Waals surface area contributed by atoms with E-state index in [1.165, 1.54) is 0 Å². The number of likely N-dealkylation sites (N-methyl/N-ethyl adjacent to an activating group) is 1. The first-order valence-electron chi connectivity index (χ1n) is 7.66. The van der Waals surface area contributed by atoms with Gasteiger partial charge in [-0.1, -0.05) is 6.07 Å². The van der Waals surface area contributed by atoms with Crippen LogP contribution < -0.4 is 11.1 Å². The molecule has 1 fully saturated rings. The zero-order chi connectivity index (χ0) is 15.3. The van der Waals surface area contributed by atoms with Crippen LogP contribution in [0.5, 0.6) is 0 Å². The van der Waals surface area contributed by atoms with E-state index < -0.39 is 5.54 Å². The van der Waals surface area contributed by atoms with Crippen molar-refractivity contribution in [2.24, 2.45) is 5.73 Å². The molecule has 0 saturated heterocycles. The van der Waals surface area contributed by atoms with Crippen molar-refractivity contribution in [3.63, 3.8) is 0 Å². The number of pyridine rings is 1. The topological polar surface area (TPSA) is 71.2 Å². The fourth-order valence-corrected chi connectivity index (χ4v) is 2.32. The summed E-state index contributed by atoms with van der Waals surface area (Å²) < 4.78 is 0. The fourth-order valence-electron chi connectivity index (χ4n) is 2.32. The van der Waals surface area contributed by atoms with Crippen LogP contribution in [0.15, 0.2) is 24.4 Å². The molecule has 1 atom stereocenters. The number of nitrogens with one attached hydrogen (secondary N) is 1. The molecule has 5 nitrogen and oxygen atoms in total. The van der Waals surface area contributed by atoms with Gasteiger partial charge in [-0.05, 0) is 45.4 Å². The van der Waals surface area contributed by atoms with E-state index in [2.05, 4.69) is 22.2 Å². The number of amides is 1. The highest BCUT2D eigenvalue weighted by Gasteiger charge is 2.36. The number of carbonyl (C=O) groups excluding carboxylic acids is 1. The summed E-state index contributed by atoms with van der Waals surface area (Å²) in [6.07, 6.45) is 5.77. The lowest BCUT2D eigenvalue weighted by Crippen LogP contribution is -2.55. The Kier molecular flexibility index (Phi) is 5.31. The van der Waals surface area contributed by atoms with Crippen LogP contribution in [-0.2, 0) is 11.2 Å². The summed E-state index contributed by atoms with van der Waals surface area (Å²) >= 11 is 0. The van der Waals surface area contributed by atoms with Gasteiger partial charge in [0, 0.05) is 37.4 Å². The van der Waals surface area contributed by atoms with Crippen molar-refractivity contribution in [2.75, 3.05) is 20.1 Å². The van der Waals surface area contributed by atoms with E-state index >= 15 is 0 Å². The highest BCUT2D eigenvalue weighted by atomic mass is 16.1. The van der Waals surface area contributed by atoms with Gasteiger partial charge in [-0.2, -0.15) is 0 Å². The fraction of sp³-hybridized carbons (Fsp3) is 0.625. The number of hydrogen-bond acceptors (Lipinski definition) is 4. The second kappa shape index (κ2) is 7.00. The maximum absolute atomic E-state index is 11.7. The van der Waals surface area contributed by atoms with E-state index in [-0.39, 0.29) is 5.91 Å². The lowest BCUT2D eigenvalue weighted by Gasteiger charge is -2.29. The first-order valence-corrected chi connectivity index (χ1v) is 7.66. The first-order chi connectivity index (χ1) is 9.99. The molecule has 0 aliphatic heterocycles. The Labute approximate surface area is 126 Å². The van der Waals surface area contributed by atoms with Crippen molar-refractivity contribution in [3.05, 3.63) is 30.1 Å². The van der Waals surface area contributed by atoms with Gasteiger partial charge < -0.3 is 16.0 Å². The van der Waals surface area contributed by atoms with Gasteiger partial charge in [0.05, 0.1) is 5.54 Å². The maximum atomic E-state index is 11.7. The molecule has 116 valence electrons. The van der Waals surface area contributed by atoms with E-state index in [1.54, 1.807) is 0 Å². The van der Waals surface area contributed by atoms with Gasteiger partial charge in [-0.15, -0.1) is 0 Å². The zero-order valence-electron chi connectivity index (χ0n) is 13.0. The average Bonchev–Trinajstić information content (AvgIpc) is 3.27. The highest BCUT2D eigenvalue weighted by molar-refractivity contribution is 5.84. The second-order valence-corrected chi connectivity index (χ2v) is 6.24. The van der Waals surface area contributed by atoms with E-state index in [4.69, 9.17) is 5.73 Å². The van der Waals surface area contributed by atoms with Gasteiger partial charge in [0.15, 0.2) is 0 Å². The SMILES string of the molecule is CN(CCc1ccccn1)CCC(C)(NC1CC1)C(N)=O. The minimum atomic E-state index is -0.597. The molecule has 21 heavy (non-hydrogen) atoms. The van der Waals surface area contributed by atoms with Crippen molar-refractivity contribution in [1.29, 1.82) is 0 Å². The third-order valence-electron chi connectivity index (χ3n) is 4.11. The Morgan fingerprint density at radius 2 is 2.24 bits per heavy atom. The summed E-state index contributed by atoms with van der Waals surface area (Å²) in [5.74, 6) is -0.257. The molecule has 0 spiro atoms. The number of hydrogen-bond donors (Lipinski definition) is 2. The molecule has 2 rings (SSSR count). The standard InChI is InChI=1S/C16H26N4O/c1-16(15(17)21,19-14-6-7-14)9-12-20(2)11-8-13-5-3-4-10-18-13/h3-5,10,14,19H,6-9,11-12H2,1-2H3,(H2,17,21). The predicted octanol–water partition coefficient (Wildman–Crippen LogP) is 0.942. The summed E-state index contributed by atoms with van der Waals surface area (Å²) in [7, 11) is 2.07. The summed E-state index contributed by atoms with van der Waals surface area (Å²) in [5, 5.41) is 3.38. The molecule has 1 unspecified atom stereocenters. The summed E-state index contributed by atoms with van der Waals surface area (Å²) in [5.41, 5.74) is 6.07. The molecule has 0 bridgehead atoms. The van der Waals surface area contributed by atoms with Gasteiger partial charge in [0.2, 0.25) is 5.91 Å². The van der Waals surface area contributed by atoms with Crippen LogP contribution in [0.3, 0.4) is 0 Å². The third kappa shape index (κ3) is 5.10. The molecule has 0 radical (unpaired) electrons. The van der Waals surface area contributed by atoms with Crippen molar-refractivity contribution in [1.82, 2.24) is 15.2 Å². The third-order valence-corrected chi connectivity index (χ3v) is 4.11. The molecule has 1 heterocycles. The van der Waals surface area contributed by atoms with Crippen LogP contribution in [0.1, 0.15) is 31.9 Å². The van der Waals surface area contributed by atoms with Gasteiger partial charge in [0.1, 0.15) is 0 Å². The lowest BCUT2D eigenvalue weighted by molar-refractivity contribution is -0.124. The molecule has 1 aromatic heterocycles. The van der Waals surface area contributed by atoms with E-state index in [1.807, 2.05) is 31.3 Å². The van der Waals surface area contributed by atoms with Crippen molar-refractivity contribution >= 4 is 5.91 Å². The zero-order valence-corrected chi connectivity index (χ0v) is 13.0. The maximum Gasteiger partial charge on any atom is 0.237 e. The van der Waals surface area contributed by atoms with E-state index in [0.717, 1.165) is 44.5 Å². The Bertz CT molecular complexity index is 461. The normalized spacial score (nSPS) is 17.7. The van der Waals surface area contributed by atoms with E-state index in [9.17, 15) is 4.79 Å². The lowest BCUT2D eigenvalue weighted by atomic mass is 9.96. The Hall–Kier alpha value is -1.46. The highest BCUT2D eigenvalue weighted by Crippen LogP contribution is 2.24. The number of aromatic nitrogens is 1. The Balaban J connectivity index is 1.76. The van der Waals surface area contributed by atoms with Crippen LogP contribution in [0.25, 0.3) is 0 Å². The first kappa shape index (κ1) is 15.9. The second-order valence-electron chi connectivity index (χ2n) is 6.24. The molecule has 5 heteroatoms. The Morgan fingerprint density at radius 1 is 1.48 bits per heavy atom. The summed E-state index contributed by atoms with van der Waals surface area (Å²) in [4.78, 5) is 18.3. The van der Waals surface area contributed by atoms with Crippen LogP contribution in [-0.4, -0.2) is 47.5 Å². The molecule has 1 aromatic rings. The largest absolute Gasteiger partial charge is 0.368 e. The van der Waals surface area contributed by atoms with E-state index in [0.29, 0.717) is 6.04 Å². The number of nitrogens with zero attached hydrogens (tertiary/aromatic N) is 2. The molecule has 1 saturated carbocycles. The van der Waals surface area contributed by atoms with Crippen LogP contribution in [0.4, 0.5) is 0 Å². The number of primary amides is 1. The molecule has 1 aliphatic rings. The molecular weight excluding hydrogens is 264 g/mol. The number of nitrogens with two attached hydrogens (primary N) is 1. The van der Waals surface area contributed by atoms with Crippen molar-refractivity contribution in [2.45, 2.75) is 44.2 Å². The van der Waals surface area contributed by atoms with Crippen LogP contribution in [0.2, 0.25) is 0 Å². The molecule has 0 aromatic carbocycles. The minimum Gasteiger partial charge on any atom is -0.368 e. The molecule has 1 amide bonds. The smallest absolute Gasteiger partial charge is 0.237 e. The van der Waals surface area contributed by atoms with Gasteiger partial charge in [-0.25, -0.2) is 0 Å². The van der Waals surface area contributed by atoms with Crippen molar-refractivity contribution in [3.8, 4) is 0 Å². The molecule has 3 N–H and O–H groups in total.